The Bertz CT molecular complexity index is 648. The van der Waals surface area contributed by atoms with Crippen LogP contribution < -0.4 is 0 Å². The summed E-state index contributed by atoms with van der Waals surface area (Å²) in [6.07, 6.45) is 1.70. The number of pyridine rings is 1. The van der Waals surface area contributed by atoms with Gasteiger partial charge in [-0.05, 0) is 41.6 Å². The van der Waals surface area contributed by atoms with Gasteiger partial charge in [-0.1, -0.05) is 22.0 Å². The SMILES string of the molecule is Brc1ccc(-n2nnc(-c3ccccn3)n2)cc1. The second-order valence-corrected chi connectivity index (χ2v) is 4.51. The van der Waals surface area contributed by atoms with Gasteiger partial charge in [-0.3, -0.25) is 4.98 Å². The van der Waals surface area contributed by atoms with Gasteiger partial charge in [0.05, 0.1) is 5.69 Å². The first-order valence-corrected chi connectivity index (χ1v) is 6.09. The second-order valence-electron chi connectivity index (χ2n) is 3.59. The van der Waals surface area contributed by atoms with Gasteiger partial charge in [-0.25, -0.2) is 0 Å². The summed E-state index contributed by atoms with van der Waals surface area (Å²) in [7, 11) is 0. The highest BCUT2D eigenvalue weighted by atomic mass is 79.9. The minimum absolute atomic E-state index is 0.513. The predicted molar refractivity (Wildman–Crippen MR) is 70.1 cm³/mol. The average molecular weight is 302 g/mol. The smallest absolute Gasteiger partial charge is 0.223 e. The van der Waals surface area contributed by atoms with Crippen LogP contribution in [-0.2, 0) is 0 Å². The third-order valence-corrected chi connectivity index (χ3v) is 2.89. The van der Waals surface area contributed by atoms with E-state index < -0.39 is 0 Å². The van der Waals surface area contributed by atoms with Gasteiger partial charge < -0.3 is 0 Å². The molecule has 0 bridgehead atoms. The van der Waals surface area contributed by atoms with Crippen LogP contribution in [0.1, 0.15) is 0 Å². The molecule has 0 radical (unpaired) electrons. The molecule has 1 aromatic carbocycles. The van der Waals surface area contributed by atoms with Gasteiger partial charge in [-0.15, -0.1) is 15.0 Å². The quantitative estimate of drug-likeness (QED) is 0.730. The highest BCUT2D eigenvalue weighted by Gasteiger charge is 2.07. The van der Waals surface area contributed by atoms with Crippen molar-refractivity contribution in [2.75, 3.05) is 0 Å². The van der Waals surface area contributed by atoms with Crippen LogP contribution in [0.3, 0.4) is 0 Å². The van der Waals surface area contributed by atoms with Crippen molar-refractivity contribution in [3.05, 3.63) is 53.1 Å². The molecule has 0 atom stereocenters. The fraction of sp³-hybridized carbons (Fsp3) is 0. The van der Waals surface area contributed by atoms with E-state index in [2.05, 4.69) is 36.3 Å². The van der Waals surface area contributed by atoms with Crippen LogP contribution in [0.25, 0.3) is 17.2 Å². The zero-order chi connectivity index (χ0) is 12.4. The van der Waals surface area contributed by atoms with Crippen molar-refractivity contribution in [3.63, 3.8) is 0 Å². The number of rotatable bonds is 2. The Hall–Kier alpha value is -2.08. The summed E-state index contributed by atoms with van der Waals surface area (Å²) in [6.45, 7) is 0. The lowest BCUT2D eigenvalue weighted by molar-refractivity contribution is 0.720. The van der Waals surface area contributed by atoms with E-state index in [0.717, 1.165) is 10.2 Å². The Morgan fingerprint density at radius 2 is 1.83 bits per heavy atom. The summed E-state index contributed by atoms with van der Waals surface area (Å²) in [5.74, 6) is 0.513. The molecule has 3 rings (SSSR count). The van der Waals surface area contributed by atoms with Gasteiger partial charge >= 0.3 is 0 Å². The lowest BCUT2D eigenvalue weighted by atomic mass is 10.3. The van der Waals surface area contributed by atoms with Crippen LogP contribution in [0.5, 0.6) is 0 Å². The summed E-state index contributed by atoms with van der Waals surface area (Å²) in [6, 6.07) is 13.3. The lowest BCUT2D eigenvalue weighted by Crippen LogP contribution is -1.98. The molecule has 2 heterocycles. The number of hydrogen-bond donors (Lipinski definition) is 0. The highest BCUT2D eigenvalue weighted by Crippen LogP contribution is 2.14. The van der Waals surface area contributed by atoms with Crippen molar-refractivity contribution in [1.82, 2.24) is 25.2 Å². The lowest BCUT2D eigenvalue weighted by Gasteiger charge is -1.97. The van der Waals surface area contributed by atoms with Crippen LogP contribution in [0.2, 0.25) is 0 Å². The molecule has 88 valence electrons. The summed E-state index contributed by atoms with van der Waals surface area (Å²) in [4.78, 5) is 5.67. The molecule has 2 aromatic heterocycles. The molecule has 0 saturated heterocycles. The first-order valence-electron chi connectivity index (χ1n) is 5.30. The average Bonchev–Trinajstić information content (AvgIpc) is 2.90. The standard InChI is InChI=1S/C12H8BrN5/c13-9-4-6-10(7-5-9)18-16-12(15-17-18)11-3-1-2-8-14-11/h1-8H. The van der Waals surface area contributed by atoms with Crippen LogP contribution in [-0.4, -0.2) is 25.2 Å². The van der Waals surface area contributed by atoms with Gasteiger partial charge in [0.25, 0.3) is 0 Å². The number of halogens is 1. The fourth-order valence-corrected chi connectivity index (χ4v) is 1.76. The molecule has 0 spiro atoms. The highest BCUT2D eigenvalue weighted by molar-refractivity contribution is 9.10. The summed E-state index contributed by atoms with van der Waals surface area (Å²) < 4.78 is 1.01. The Morgan fingerprint density at radius 1 is 1.00 bits per heavy atom. The number of aromatic nitrogens is 5. The summed E-state index contributed by atoms with van der Waals surface area (Å²) in [5, 5.41) is 12.3. The zero-order valence-electron chi connectivity index (χ0n) is 9.23. The van der Waals surface area contributed by atoms with E-state index in [1.165, 1.54) is 4.80 Å². The van der Waals surface area contributed by atoms with E-state index in [1.807, 2.05) is 42.5 Å². The minimum Gasteiger partial charge on any atom is -0.253 e. The van der Waals surface area contributed by atoms with Crippen molar-refractivity contribution in [2.45, 2.75) is 0 Å². The maximum atomic E-state index is 4.30. The number of tetrazole rings is 1. The molecule has 0 aliphatic heterocycles. The van der Waals surface area contributed by atoms with E-state index in [9.17, 15) is 0 Å². The molecule has 0 aliphatic carbocycles. The van der Waals surface area contributed by atoms with Crippen LogP contribution in [0.4, 0.5) is 0 Å². The topological polar surface area (TPSA) is 56.5 Å². The first kappa shape index (κ1) is 11.0. The molecule has 0 aliphatic rings. The van der Waals surface area contributed by atoms with E-state index in [1.54, 1.807) is 6.20 Å². The minimum atomic E-state index is 0.513. The number of hydrogen-bond acceptors (Lipinski definition) is 4. The maximum Gasteiger partial charge on any atom is 0.223 e. The molecule has 3 aromatic rings. The predicted octanol–water partition coefficient (Wildman–Crippen LogP) is 2.49. The van der Waals surface area contributed by atoms with Crippen molar-refractivity contribution < 1.29 is 0 Å². The van der Waals surface area contributed by atoms with Gasteiger partial charge in [0.2, 0.25) is 5.82 Å². The van der Waals surface area contributed by atoms with Crippen LogP contribution >= 0.6 is 15.9 Å². The summed E-state index contributed by atoms with van der Waals surface area (Å²) in [5.41, 5.74) is 1.56. The Labute approximate surface area is 112 Å². The molecule has 18 heavy (non-hydrogen) atoms. The molecular formula is C12H8BrN5. The van der Waals surface area contributed by atoms with Crippen molar-refractivity contribution in [1.29, 1.82) is 0 Å². The molecule has 0 N–H and O–H groups in total. The fourth-order valence-electron chi connectivity index (χ4n) is 1.50. The van der Waals surface area contributed by atoms with E-state index in [0.29, 0.717) is 11.5 Å². The van der Waals surface area contributed by atoms with Crippen LogP contribution in [0, 0.1) is 0 Å². The third kappa shape index (κ3) is 2.14. The van der Waals surface area contributed by atoms with Crippen molar-refractivity contribution in [3.8, 4) is 17.2 Å². The maximum absolute atomic E-state index is 4.30. The molecule has 0 amide bonds. The Morgan fingerprint density at radius 3 is 2.56 bits per heavy atom. The molecule has 5 nitrogen and oxygen atoms in total. The monoisotopic (exact) mass is 301 g/mol. The Balaban J connectivity index is 1.97. The molecule has 0 saturated carbocycles. The third-order valence-electron chi connectivity index (χ3n) is 2.37. The Kier molecular flexibility index (Phi) is 2.85. The molecule has 0 unspecified atom stereocenters. The largest absolute Gasteiger partial charge is 0.253 e. The van der Waals surface area contributed by atoms with Crippen molar-refractivity contribution >= 4 is 15.9 Å². The number of benzene rings is 1. The van der Waals surface area contributed by atoms with E-state index in [-0.39, 0.29) is 0 Å². The molecule has 6 heteroatoms. The van der Waals surface area contributed by atoms with Gasteiger partial charge in [0, 0.05) is 10.7 Å². The number of nitrogens with zero attached hydrogens (tertiary/aromatic N) is 5. The molecular weight excluding hydrogens is 294 g/mol. The van der Waals surface area contributed by atoms with E-state index >= 15 is 0 Å². The molecule has 0 fully saturated rings. The van der Waals surface area contributed by atoms with Crippen LogP contribution in [0.15, 0.2) is 53.1 Å². The first-order chi connectivity index (χ1) is 8.83. The van der Waals surface area contributed by atoms with Gasteiger partial charge in [-0.2, -0.15) is 0 Å². The van der Waals surface area contributed by atoms with Gasteiger partial charge in [0.15, 0.2) is 0 Å². The van der Waals surface area contributed by atoms with Gasteiger partial charge in [0.1, 0.15) is 5.69 Å². The normalized spacial score (nSPS) is 10.5. The van der Waals surface area contributed by atoms with E-state index in [4.69, 9.17) is 0 Å². The zero-order valence-corrected chi connectivity index (χ0v) is 10.8. The second kappa shape index (κ2) is 4.66. The van der Waals surface area contributed by atoms with Crippen molar-refractivity contribution in [2.24, 2.45) is 0 Å². The summed E-state index contributed by atoms with van der Waals surface area (Å²) >= 11 is 3.38.